The molecule has 0 unspecified atom stereocenters. The highest BCUT2D eigenvalue weighted by Crippen LogP contribution is 2.41. The Morgan fingerprint density at radius 3 is 2.08 bits per heavy atom. The van der Waals surface area contributed by atoms with Crippen molar-refractivity contribution in [3.8, 4) is 0 Å². The second kappa shape index (κ2) is 4.05. The molecule has 1 rings (SSSR count). The minimum Gasteiger partial charge on any atom is -0.389 e. The highest BCUT2D eigenvalue weighted by Gasteiger charge is 2.36. The van der Waals surface area contributed by atoms with E-state index < -0.39 is 0 Å². The van der Waals surface area contributed by atoms with Gasteiger partial charge in [0.1, 0.15) is 0 Å². The Kier molecular flexibility index (Phi) is 3.67. The standard InChI is InChI=1S/C11H21IO/c1-10(2,3)9-4-6-11(13,8-12)7-5-9/h9,13H,4-8H2,1-3H3. The number of hydrogen-bond acceptors (Lipinski definition) is 1. The molecule has 0 saturated heterocycles. The van der Waals surface area contributed by atoms with E-state index >= 15 is 0 Å². The molecule has 0 aromatic rings. The van der Waals surface area contributed by atoms with Crippen LogP contribution in [-0.4, -0.2) is 15.1 Å². The highest BCUT2D eigenvalue weighted by atomic mass is 127. The molecular formula is C11H21IO. The fraction of sp³-hybridized carbons (Fsp3) is 1.00. The second-order valence-electron chi connectivity index (χ2n) is 5.50. The van der Waals surface area contributed by atoms with Crippen LogP contribution in [0.1, 0.15) is 46.5 Å². The largest absolute Gasteiger partial charge is 0.389 e. The van der Waals surface area contributed by atoms with E-state index in [1.807, 2.05) is 0 Å². The summed E-state index contributed by atoms with van der Waals surface area (Å²) in [5, 5.41) is 10.1. The van der Waals surface area contributed by atoms with E-state index in [-0.39, 0.29) is 5.60 Å². The van der Waals surface area contributed by atoms with Crippen molar-refractivity contribution in [3.63, 3.8) is 0 Å². The first-order valence-corrected chi connectivity index (χ1v) is 6.68. The molecule has 0 spiro atoms. The van der Waals surface area contributed by atoms with Crippen molar-refractivity contribution in [3.05, 3.63) is 0 Å². The van der Waals surface area contributed by atoms with E-state index in [4.69, 9.17) is 0 Å². The molecule has 13 heavy (non-hydrogen) atoms. The third-order valence-corrected chi connectivity index (χ3v) is 4.81. The lowest BCUT2D eigenvalue weighted by Gasteiger charge is -2.40. The van der Waals surface area contributed by atoms with Gasteiger partial charge in [-0.2, -0.15) is 0 Å². The second-order valence-corrected chi connectivity index (χ2v) is 6.26. The maximum absolute atomic E-state index is 10.1. The van der Waals surface area contributed by atoms with E-state index in [0.717, 1.165) is 23.2 Å². The minimum absolute atomic E-state index is 0.345. The molecule has 0 aromatic carbocycles. The van der Waals surface area contributed by atoms with E-state index in [0.29, 0.717) is 5.41 Å². The molecule has 1 N–H and O–H groups in total. The Hall–Kier alpha value is 0.690. The van der Waals surface area contributed by atoms with Crippen molar-refractivity contribution in [1.82, 2.24) is 0 Å². The molecule has 1 saturated carbocycles. The lowest BCUT2D eigenvalue weighted by Crippen LogP contribution is -2.38. The van der Waals surface area contributed by atoms with Crippen LogP contribution < -0.4 is 0 Å². The molecule has 0 radical (unpaired) electrons. The summed E-state index contributed by atoms with van der Waals surface area (Å²) in [6, 6.07) is 0. The summed E-state index contributed by atoms with van der Waals surface area (Å²) in [7, 11) is 0. The van der Waals surface area contributed by atoms with Crippen molar-refractivity contribution in [2.45, 2.75) is 52.1 Å². The molecule has 0 aliphatic heterocycles. The van der Waals surface area contributed by atoms with Gasteiger partial charge in [0.15, 0.2) is 0 Å². The Morgan fingerprint density at radius 1 is 1.31 bits per heavy atom. The number of alkyl halides is 1. The molecule has 2 heteroatoms. The maximum atomic E-state index is 10.1. The molecule has 0 amide bonds. The number of aliphatic hydroxyl groups is 1. The lowest BCUT2D eigenvalue weighted by atomic mass is 9.69. The molecule has 0 heterocycles. The predicted molar refractivity (Wildman–Crippen MR) is 65.2 cm³/mol. The third-order valence-electron chi connectivity index (χ3n) is 3.39. The van der Waals surface area contributed by atoms with Gasteiger partial charge < -0.3 is 5.11 Å². The first kappa shape index (κ1) is 11.8. The summed E-state index contributed by atoms with van der Waals surface area (Å²) in [4.78, 5) is 0. The van der Waals surface area contributed by atoms with Gasteiger partial charge in [-0.3, -0.25) is 0 Å². The summed E-state index contributed by atoms with van der Waals surface area (Å²) >= 11 is 2.30. The molecular weight excluding hydrogens is 275 g/mol. The van der Waals surface area contributed by atoms with Gasteiger partial charge in [-0.15, -0.1) is 0 Å². The average Bonchev–Trinajstić information content (AvgIpc) is 2.04. The molecule has 0 aromatic heterocycles. The van der Waals surface area contributed by atoms with Crippen LogP contribution in [0.15, 0.2) is 0 Å². The quantitative estimate of drug-likeness (QED) is 0.581. The zero-order valence-corrected chi connectivity index (χ0v) is 11.1. The van der Waals surface area contributed by atoms with Crippen molar-refractivity contribution < 1.29 is 5.11 Å². The molecule has 1 fully saturated rings. The zero-order valence-electron chi connectivity index (χ0n) is 8.94. The van der Waals surface area contributed by atoms with Gasteiger partial charge in [-0.25, -0.2) is 0 Å². The van der Waals surface area contributed by atoms with Crippen LogP contribution in [0.5, 0.6) is 0 Å². The monoisotopic (exact) mass is 296 g/mol. The van der Waals surface area contributed by atoms with Gasteiger partial charge in [-0.1, -0.05) is 43.4 Å². The summed E-state index contributed by atoms with van der Waals surface area (Å²) in [5.74, 6) is 0.802. The fourth-order valence-corrected chi connectivity index (χ4v) is 2.92. The van der Waals surface area contributed by atoms with Crippen LogP contribution in [0.2, 0.25) is 0 Å². The SMILES string of the molecule is CC(C)(C)C1CCC(O)(CI)CC1. The normalized spacial score (nSPS) is 36.2. The van der Waals surface area contributed by atoms with Gasteiger partial charge in [0.05, 0.1) is 5.60 Å². The first-order chi connectivity index (χ1) is 5.87. The van der Waals surface area contributed by atoms with Crippen LogP contribution in [0.4, 0.5) is 0 Å². The van der Waals surface area contributed by atoms with Crippen LogP contribution in [0, 0.1) is 11.3 Å². The molecule has 0 bridgehead atoms. The van der Waals surface area contributed by atoms with Gasteiger partial charge in [0.25, 0.3) is 0 Å². The fourth-order valence-electron chi connectivity index (χ4n) is 2.15. The predicted octanol–water partition coefficient (Wildman–Crippen LogP) is 3.39. The number of halogens is 1. The Labute approximate surface area is 95.4 Å². The van der Waals surface area contributed by atoms with Crippen LogP contribution in [-0.2, 0) is 0 Å². The molecule has 78 valence electrons. The summed E-state index contributed by atoms with van der Waals surface area (Å²) in [6.07, 6.45) is 4.39. The third kappa shape index (κ3) is 3.08. The number of hydrogen-bond donors (Lipinski definition) is 1. The lowest BCUT2D eigenvalue weighted by molar-refractivity contribution is -0.00347. The summed E-state index contributed by atoms with van der Waals surface area (Å²) in [5.41, 5.74) is 0.0783. The maximum Gasteiger partial charge on any atom is 0.0737 e. The molecule has 1 nitrogen and oxygen atoms in total. The van der Waals surface area contributed by atoms with Crippen molar-refractivity contribution in [2.75, 3.05) is 4.43 Å². The Balaban J connectivity index is 2.48. The smallest absolute Gasteiger partial charge is 0.0737 e. The Morgan fingerprint density at radius 2 is 1.77 bits per heavy atom. The van der Waals surface area contributed by atoms with E-state index in [2.05, 4.69) is 43.4 Å². The van der Waals surface area contributed by atoms with Crippen molar-refractivity contribution in [1.29, 1.82) is 0 Å². The van der Waals surface area contributed by atoms with Crippen LogP contribution >= 0.6 is 22.6 Å². The molecule has 1 aliphatic carbocycles. The van der Waals surface area contributed by atoms with E-state index in [1.165, 1.54) is 12.8 Å². The topological polar surface area (TPSA) is 20.2 Å². The minimum atomic E-state index is -0.345. The summed E-state index contributed by atoms with van der Waals surface area (Å²) < 4.78 is 0.890. The summed E-state index contributed by atoms with van der Waals surface area (Å²) in [6.45, 7) is 6.93. The first-order valence-electron chi connectivity index (χ1n) is 5.16. The van der Waals surface area contributed by atoms with E-state index in [1.54, 1.807) is 0 Å². The van der Waals surface area contributed by atoms with Gasteiger partial charge in [0, 0.05) is 4.43 Å². The van der Waals surface area contributed by atoms with E-state index in [9.17, 15) is 5.11 Å². The average molecular weight is 296 g/mol. The van der Waals surface area contributed by atoms with Crippen molar-refractivity contribution in [2.24, 2.45) is 11.3 Å². The molecule has 0 atom stereocenters. The highest BCUT2D eigenvalue weighted by molar-refractivity contribution is 14.1. The van der Waals surface area contributed by atoms with Gasteiger partial charge >= 0.3 is 0 Å². The van der Waals surface area contributed by atoms with Crippen LogP contribution in [0.25, 0.3) is 0 Å². The van der Waals surface area contributed by atoms with Crippen LogP contribution in [0.3, 0.4) is 0 Å². The van der Waals surface area contributed by atoms with Crippen molar-refractivity contribution >= 4 is 22.6 Å². The van der Waals surface area contributed by atoms with Gasteiger partial charge in [-0.05, 0) is 37.0 Å². The Bertz CT molecular complexity index is 163. The zero-order chi connectivity index (χ0) is 10.1. The molecule has 1 aliphatic rings. The number of rotatable bonds is 1. The van der Waals surface area contributed by atoms with Gasteiger partial charge in [0.2, 0.25) is 0 Å².